The van der Waals surface area contributed by atoms with Crippen molar-refractivity contribution in [3.05, 3.63) is 0 Å². The van der Waals surface area contributed by atoms with Crippen molar-refractivity contribution in [1.29, 1.82) is 0 Å². The standard InChI is InChI=1S/C5H9I2O/c1-2-5(8)4(7)3-6/h4-5H,2-3H2,1H3. The molecule has 8 heavy (non-hydrogen) atoms. The van der Waals surface area contributed by atoms with E-state index in [-0.39, 0.29) is 6.10 Å². The Morgan fingerprint density at radius 1 is 1.62 bits per heavy atom. The molecule has 0 aliphatic carbocycles. The lowest BCUT2D eigenvalue weighted by atomic mass is 10.2. The van der Waals surface area contributed by atoms with Gasteiger partial charge in [0.25, 0.3) is 0 Å². The summed E-state index contributed by atoms with van der Waals surface area (Å²) in [4.78, 5) is 0. The van der Waals surface area contributed by atoms with Crippen LogP contribution in [0, 0.1) is 0 Å². The minimum Gasteiger partial charge on any atom is -0.232 e. The maximum atomic E-state index is 10.8. The first-order valence-corrected chi connectivity index (χ1v) is 5.35. The van der Waals surface area contributed by atoms with Gasteiger partial charge in [-0.15, -0.1) is 0 Å². The van der Waals surface area contributed by atoms with E-state index in [1.165, 1.54) is 0 Å². The van der Waals surface area contributed by atoms with Crippen LogP contribution in [0.2, 0.25) is 0 Å². The lowest BCUT2D eigenvalue weighted by molar-refractivity contribution is 0.0921. The zero-order chi connectivity index (χ0) is 6.57. The molecule has 0 N–H and O–H groups in total. The molecule has 0 amide bonds. The van der Waals surface area contributed by atoms with Gasteiger partial charge in [0.2, 0.25) is 0 Å². The zero-order valence-electron chi connectivity index (χ0n) is 4.73. The normalized spacial score (nSPS) is 18.0. The summed E-state index contributed by atoms with van der Waals surface area (Å²) < 4.78 is 1.29. The summed E-state index contributed by atoms with van der Waals surface area (Å²) in [6.45, 7) is 1.94. The molecule has 0 heterocycles. The van der Waals surface area contributed by atoms with E-state index < -0.39 is 0 Å². The van der Waals surface area contributed by atoms with Gasteiger partial charge >= 0.3 is 0 Å². The molecule has 0 saturated heterocycles. The average molecular weight is 339 g/mol. The molecule has 1 nitrogen and oxygen atoms in total. The fraction of sp³-hybridized carbons (Fsp3) is 1.00. The van der Waals surface area contributed by atoms with E-state index in [1.807, 2.05) is 6.92 Å². The van der Waals surface area contributed by atoms with Crippen LogP contribution in [0.4, 0.5) is 0 Å². The second-order valence-electron chi connectivity index (χ2n) is 1.62. The summed E-state index contributed by atoms with van der Waals surface area (Å²) in [7, 11) is 0. The van der Waals surface area contributed by atoms with Crippen LogP contribution >= 0.6 is 45.2 Å². The van der Waals surface area contributed by atoms with Crippen LogP contribution in [0.15, 0.2) is 0 Å². The van der Waals surface area contributed by atoms with Gasteiger partial charge in [0, 0.05) is 8.35 Å². The molecule has 0 aromatic heterocycles. The molecule has 0 fully saturated rings. The third kappa shape index (κ3) is 3.45. The van der Waals surface area contributed by atoms with E-state index in [1.54, 1.807) is 0 Å². The Kier molecular flexibility index (Phi) is 6.15. The van der Waals surface area contributed by atoms with Crippen LogP contribution in [-0.4, -0.2) is 14.5 Å². The van der Waals surface area contributed by atoms with E-state index in [0.717, 1.165) is 10.8 Å². The van der Waals surface area contributed by atoms with Crippen LogP contribution in [0.3, 0.4) is 0 Å². The van der Waals surface area contributed by atoms with Crippen LogP contribution in [0.5, 0.6) is 0 Å². The Hall–Kier alpha value is 1.42. The molecule has 49 valence electrons. The van der Waals surface area contributed by atoms with Gasteiger partial charge in [-0.1, -0.05) is 52.1 Å². The van der Waals surface area contributed by atoms with Gasteiger partial charge in [-0.05, 0) is 6.42 Å². The van der Waals surface area contributed by atoms with Gasteiger partial charge in [-0.25, -0.2) is 5.11 Å². The van der Waals surface area contributed by atoms with E-state index in [0.29, 0.717) is 3.92 Å². The molecule has 1 radical (unpaired) electrons. The average Bonchev–Trinajstić information content (AvgIpc) is 1.84. The minimum absolute atomic E-state index is 0.318. The summed E-state index contributed by atoms with van der Waals surface area (Å²) in [6.07, 6.45) is 0.406. The largest absolute Gasteiger partial charge is 0.232 e. The number of alkyl halides is 2. The summed E-state index contributed by atoms with van der Waals surface area (Å²) in [5.74, 6) is 0. The van der Waals surface area contributed by atoms with Crippen LogP contribution in [-0.2, 0) is 5.11 Å². The highest BCUT2D eigenvalue weighted by Crippen LogP contribution is 2.12. The zero-order valence-corrected chi connectivity index (χ0v) is 9.05. The molecule has 2 unspecified atom stereocenters. The van der Waals surface area contributed by atoms with Crippen molar-refractivity contribution in [2.75, 3.05) is 4.43 Å². The first-order chi connectivity index (χ1) is 3.72. The smallest absolute Gasteiger partial charge is 0.105 e. The quantitative estimate of drug-likeness (QED) is 0.556. The van der Waals surface area contributed by atoms with E-state index in [9.17, 15) is 5.11 Å². The third-order valence-electron chi connectivity index (χ3n) is 0.953. The second kappa shape index (κ2) is 5.22. The Morgan fingerprint density at radius 3 is 2.25 bits per heavy atom. The molecule has 0 aliphatic rings. The van der Waals surface area contributed by atoms with Gasteiger partial charge in [0.15, 0.2) is 0 Å². The van der Waals surface area contributed by atoms with E-state index >= 15 is 0 Å². The van der Waals surface area contributed by atoms with Crippen molar-refractivity contribution >= 4 is 45.2 Å². The van der Waals surface area contributed by atoms with Crippen LogP contribution < -0.4 is 0 Å². The van der Waals surface area contributed by atoms with Crippen molar-refractivity contribution in [2.24, 2.45) is 0 Å². The lowest BCUT2D eigenvalue weighted by Crippen LogP contribution is -2.18. The predicted molar refractivity (Wildman–Crippen MR) is 51.5 cm³/mol. The third-order valence-corrected chi connectivity index (χ3v) is 4.83. The van der Waals surface area contributed by atoms with Crippen molar-refractivity contribution < 1.29 is 5.11 Å². The number of hydrogen-bond donors (Lipinski definition) is 0. The molecule has 0 spiro atoms. The number of halogens is 2. The topological polar surface area (TPSA) is 19.9 Å². The highest BCUT2D eigenvalue weighted by atomic mass is 127. The molecule has 0 bridgehead atoms. The Bertz CT molecular complexity index is 50.4. The molecule has 0 aromatic rings. The van der Waals surface area contributed by atoms with Crippen LogP contribution in [0.1, 0.15) is 13.3 Å². The number of rotatable bonds is 3. The van der Waals surface area contributed by atoms with Gasteiger partial charge in [-0.2, -0.15) is 0 Å². The predicted octanol–water partition coefficient (Wildman–Crippen LogP) is 2.43. The molecular weight excluding hydrogens is 330 g/mol. The number of hydrogen-bond acceptors (Lipinski definition) is 0. The van der Waals surface area contributed by atoms with Gasteiger partial charge < -0.3 is 0 Å². The first-order valence-electron chi connectivity index (χ1n) is 2.58. The summed E-state index contributed by atoms with van der Waals surface area (Å²) in [5, 5.41) is 10.8. The summed E-state index contributed by atoms with van der Waals surface area (Å²) in [5.41, 5.74) is 0. The first kappa shape index (κ1) is 9.42. The highest BCUT2D eigenvalue weighted by Gasteiger charge is 2.12. The van der Waals surface area contributed by atoms with Crippen molar-refractivity contribution in [3.63, 3.8) is 0 Å². The Balaban J connectivity index is 3.29. The fourth-order valence-electron chi connectivity index (χ4n) is 0.355. The molecule has 0 aromatic carbocycles. The summed E-state index contributed by atoms with van der Waals surface area (Å²) >= 11 is 4.46. The van der Waals surface area contributed by atoms with Crippen molar-refractivity contribution in [3.8, 4) is 0 Å². The minimum atomic E-state index is -0.354. The maximum absolute atomic E-state index is 10.8. The van der Waals surface area contributed by atoms with E-state index in [4.69, 9.17) is 0 Å². The van der Waals surface area contributed by atoms with Gasteiger partial charge in [-0.3, -0.25) is 0 Å². The Labute approximate surface area is 77.5 Å². The monoisotopic (exact) mass is 339 g/mol. The molecule has 3 heteroatoms. The Morgan fingerprint density at radius 2 is 2.12 bits per heavy atom. The highest BCUT2D eigenvalue weighted by molar-refractivity contribution is 14.1. The molecule has 2 atom stereocenters. The van der Waals surface area contributed by atoms with Gasteiger partial charge in [0.1, 0.15) is 6.10 Å². The maximum Gasteiger partial charge on any atom is 0.105 e. The lowest BCUT2D eigenvalue weighted by Gasteiger charge is -2.08. The molecular formula is C5H9I2O. The SMILES string of the molecule is CCC([O])C(I)CI. The second-order valence-corrected chi connectivity index (χ2v) is 4.10. The molecule has 0 aliphatic heterocycles. The van der Waals surface area contributed by atoms with Crippen molar-refractivity contribution in [1.82, 2.24) is 0 Å². The molecule has 0 saturated carbocycles. The van der Waals surface area contributed by atoms with Gasteiger partial charge in [0.05, 0.1) is 0 Å². The fourth-order valence-corrected chi connectivity index (χ4v) is 1.43. The molecule has 0 rings (SSSR count). The van der Waals surface area contributed by atoms with Crippen molar-refractivity contribution in [2.45, 2.75) is 23.4 Å². The van der Waals surface area contributed by atoms with Crippen LogP contribution in [0.25, 0.3) is 0 Å². The van der Waals surface area contributed by atoms with E-state index in [2.05, 4.69) is 45.2 Å². The summed E-state index contributed by atoms with van der Waals surface area (Å²) in [6, 6.07) is 0.